The van der Waals surface area contributed by atoms with E-state index in [2.05, 4.69) is 38.2 Å². The Labute approximate surface area is 152 Å². The van der Waals surface area contributed by atoms with E-state index in [4.69, 9.17) is 16.6 Å². The second-order valence-corrected chi connectivity index (χ2v) is 6.51. The van der Waals surface area contributed by atoms with Crippen LogP contribution in [0.2, 0.25) is 5.02 Å². The van der Waals surface area contributed by atoms with Gasteiger partial charge in [0.15, 0.2) is 0 Å². The Hall–Kier alpha value is -2.30. The van der Waals surface area contributed by atoms with Gasteiger partial charge in [-0.05, 0) is 40.2 Å². The minimum Gasteiger partial charge on any atom is -0.255 e. The van der Waals surface area contributed by atoms with Crippen LogP contribution in [0.15, 0.2) is 65.4 Å². The molecule has 0 atom stereocenters. The fourth-order valence-electron chi connectivity index (χ4n) is 2.56. The maximum absolute atomic E-state index is 5.94. The van der Waals surface area contributed by atoms with Crippen molar-refractivity contribution in [2.45, 2.75) is 0 Å². The Balaban J connectivity index is 1.94. The summed E-state index contributed by atoms with van der Waals surface area (Å²) in [6.45, 7) is 0. The molecule has 0 unspecified atom stereocenters. The molecule has 4 aromatic rings. The average Bonchev–Trinajstić information content (AvgIpc) is 2.62. The molecule has 4 rings (SSSR count). The third-order valence-electron chi connectivity index (χ3n) is 3.68. The zero-order valence-corrected chi connectivity index (χ0v) is 14.7. The molecule has 0 aliphatic heterocycles. The Morgan fingerprint density at radius 3 is 2.58 bits per heavy atom. The third kappa shape index (κ3) is 2.79. The lowest BCUT2D eigenvalue weighted by molar-refractivity contribution is 1.25. The van der Waals surface area contributed by atoms with E-state index in [-0.39, 0.29) is 0 Å². The molecule has 5 heteroatoms. The smallest absolute Gasteiger partial charge is 0.0995 e. The lowest BCUT2D eigenvalue weighted by Gasteiger charge is -2.11. The Bertz CT molecular complexity index is 1030. The number of halogens is 2. The number of hydrogen-bond acceptors (Lipinski definition) is 3. The molecule has 0 saturated carbocycles. The normalized spacial score (nSPS) is 10.9. The first-order valence-corrected chi connectivity index (χ1v) is 8.44. The van der Waals surface area contributed by atoms with Crippen molar-refractivity contribution < 1.29 is 0 Å². The van der Waals surface area contributed by atoms with Gasteiger partial charge in [-0.25, -0.2) is 4.98 Å². The molecule has 115 valence electrons. The van der Waals surface area contributed by atoms with Crippen LogP contribution in [0.1, 0.15) is 0 Å². The maximum atomic E-state index is 5.94. The van der Waals surface area contributed by atoms with Gasteiger partial charge in [0, 0.05) is 33.4 Å². The fraction of sp³-hybridized carbons (Fsp3) is 0. The third-order valence-corrected chi connectivity index (χ3v) is 4.51. The van der Waals surface area contributed by atoms with E-state index in [0.29, 0.717) is 5.02 Å². The Morgan fingerprint density at radius 1 is 0.917 bits per heavy atom. The second kappa shape index (κ2) is 6.30. The molecule has 0 fully saturated rings. The summed E-state index contributed by atoms with van der Waals surface area (Å²) in [5.74, 6) is 0. The van der Waals surface area contributed by atoms with Crippen LogP contribution in [0.5, 0.6) is 0 Å². The molecular formula is C19H10BrClN3. The van der Waals surface area contributed by atoms with E-state index in [1.807, 2.05) is 36.4 Å². The summed E-state index contributed by atoms with van der Waals surface area (Å²) in [6.07, 6.45) is 6.36. The molecule has 1 aromatic carbocycles. The molecule has 0 saturated heterocycles. The zero-order chi connectivity index (χ0) is 16.5. The van der Waals surface area contributed by atoms with Gasteiger partial charge in [-0.2, -0.15) is 0 Å². The van der Waals surface area contributed by atoms with Gasteiger partial charge in [0.1, 0.15) is 0 Å². The van der Waals surface area contributed by atoms with E-state index in [1.165, 1.54) is 0 Å². The van der Waals surface area contributed by atoms with Gasteiger partial charge in [-0.1, -0.05) is 35.9 Å². The van der Waals surface area contributed by atoms with Crippen molar-refractivity contribution in [3.63, 3.8) is 0 Å². The number of benzene rings is 1. The molecule has 0 bridgehead atoms. The molecule has 0 N–H and O–H groups in total. The standard InChI is InChI=1S/C19H10BrClN3/c20-15-11-22-10-14(17-8-6-13(21)9-23-17)19(15)18-7-5-12-3-1-2-4-16(12)24-18/h1-9,11H. The summed E-state index contributed by atoms with van der Waals surface area (Å²) in [7, 11) is 0. The topological polar surface area (TPSA) is 38.7 Å². The molecule has 3 aromatic heterocycles. The molecule has 0 aliphatic rings. The van der Waals surface area contributed by atoms with Gasteiger partial charge in [0.2, 0.25) is 0 Å². The zero-order valence-electron chi connectivity index (χ0n) is 12.4. The number of nitrogens with zero attached hydrogens (tertiary/aromatic N) is 3. The van der Waals surface area contributed by atoms with Gasteiger partial charge in [0.05, 0.1) is 28.1 Å². The molecule has 0 aliphatic carbocycles. The first kappa shape index (κ1) is 15.2. The predicted octanol–water partition coefficient (Wildman–Crippen LogP) is 5.57. The molecule has 24 heavy (non-hydrogen) atoms. The van der Waals surface area contributed by atoms with Crippen LogP contribution in [0.3, 0.4) is 0 Å². The highest BCUT2D eigenvalue weighted by Gasteiger charge is 2.15. The molecule has 0 amide bonds. The second-order valence-electron chi connectivity index (χ2n) is 5.22. The molecule has 3 heterocycles. The van der Waals surface area contributed by atoms with Crippen molar-refractivity contribution in [3.8, 4) is 22.5 Å². The van der Waals surface area contributed by atoms with Gasteiger partial charge in [-0.15, -0.1) is 0 Å². The Kier molecular flexibility index (Phi) is 4.00. The van der Waals surface area contributed by atoms with E-state index in [1.54, 1.807) is 18.5 Å². The fourth-order valence-corrected chi connectivity index (χ4v) is 3.17. The summed E-state index contributed by atoms with van der Waals surface area (Å²) in [4.78, 5) is 13.3. The van der Waals surface area contributed by atoms with E-state index in [9.17, 15) is 0 Å². The summed E-state index contributed by atoms with van der Waals surface area (Å²) in [6, 6.07) is 15.7. The number of rotatable bonds is 2. The van der Waals surface area contributed by atoms with Crippen molar-refractivity contribution in [2.24, 2.45) is 0 Å². The molecule has 3 nitrogen and oxygen atoms in total. The number of hydrogen-bond donors (Lipinski definition) is 0. The van der Waals surface area contributed by atoms with Crippen LogP contribution in [-0.2, 0) is 0 Å². The van der Waals surface area contributed by atoms with E-state index < -0.39 is 0 Å². The highest BCUT2D eigenvalue weighted by atomic mass is 79.9. The summed E-state index contributed by atoms with van der Waals surface area (Å²) in [5.41, 5.74) is 4.22. The van der Waals surface area contributed by atoms with E-state index >= 15 is 0 Å². The molecular weight excluding hydrogens is 386 g/mol. The van der Waals surface area contributed by atoms with Gasteiger partial charge >= 0.3 is 0 Å². The number of para-hydroxylation sites is 1. The first-order chi connectivity index (χ1) is 11.7. The monoisotopic (exact) mass is 394 g/mol. The quantitative estimate of drug-likeness (QED) is 0.445. The van der Waals surface area contributed by atoms with Gasteiger partial charge in [-0.3, -0.25) is 9.97 Å². The first-order valence-electron chi connectivity index (χ1n) is 7.26. The lowest BCUT2D eigenvalue weighted by Crippen LogP contribution is -1.94. The van der Waals surface area contributed by atoms with Crippen molar-refractivity contribution in [1.29, 1.82) is 0 Å². The van der Waals surface area contributed by atoms with Crippen LogP contribution in [0.4, 0.5) is 0 Å². The summed E-state index contributed by atoms with van der Waals surface area (Å²) < 4.78 is 0.843. The SMILES string of the molecule is Clc1ccc(-c2[c]ncc(Br)c2-c2ccc3ccccc3n2)nc1. The van der Waals surface area contributed by atoms with Crippen LogP contribution < -0.4 is 0 Å². The van der Waals surface area contributed by atoms with Crippen molar-refractivity contribution in [3.05, 3.63) is 76.6 Å². The molecule has 0 spiro atoms. The molecule has 1 radical (unpaired) electrons. The van der Waals surface area contributed by atoms with Crippen LogP contribution in [0, 0.1) is 6.20 Å². The Morgan fingerprint density at radius 2 is 1.75 bits per heavy atom. The van der Waals surface area contributed by atoms with E-state index in [0.717, 1.165) is 37.9 Å². The number of aromatic nitrogens is 3. The minimum absolute atomic E-state index is 0.590. The largest absolute Gasteiger partial charge is 0.255 e. The number of fused-ring (bicyclic) bond motifs is 1. The van der Waals surface area contributed by atoms with Gasteiger partial charge in [0.25, 0.3) is 0 Å². The summed E-state index contributed by atoms with van der Waals surface area (Å²) in [5, 5.41) is 1.69. The highest BCUT2D eigenvalue weighted by Crippen LogP contribution is 2.35. The van der Waals surface area contributed by atoms with Crippen LogP contribution in [0.25, 0.3) is 33.4 Å². The van der Waals surface area contributed by atoms with Crippen molar-refractivity contribution in [2.75, 3.05) is 0 Å². The summed E-state index contributed by atoms with van der Waals surface area (Å²) >= 11 is 9.53. The van der Waals surface area contributed by atoms with Gasteiger partial charge < -0.3 is 0 Å². The number of pyridine rings is 3. The van der Waals surface area contributed by atoms with Crippen LogP contribution >= 0.6 is 27.5 Å². The van der Waals surface area contributed by atoms with Crippen LogP contribution in [-0.4, -0.2) is 15.0 Å². The average molecular weight is 396 g/mol. The maximum Gasteiger partial charge on any atom is 0.0995 e. The van der Waals surface area contributed by atoms with Crippen molar-refractivity contribution in [1.82, 2.24) is 15.0 Å². The highest BCUT2D eigenvalue weighted by molar-refractivity contribution is 9.10. The lowest BCUT2D eigenvalue weighted by atomic mass is 10.0. The minimum atomic E-state index is 0.590. The predicted molar refractivity (Wildman–Crippen MR) is 99.8 cm³/mol. The van der Waals surface area contributed by atoms with Crippen molar-refractivity contribution >= 4 is 38.4 Å².